The first kappa shape index (κ1) is 27.6. The summed E-state index contributed by atoms with van der Waals surface area (Å²) in [6.45, 7) is 7.28. The molecule has 1 aromatic heterocycles. The van der Waals surface area contributed by atoms with E-state index >= 15 is 0 Å². The number of carbonyl (C=O) groups excluding carboxylic acids is 3. The van der Waals surface area contributed by atoms with Crippen LogP contribution in [-0.4, -0.2) is 45.3 Å². The molecule has 0 saturated carbocycles. The fraction of sp³-hybridized carbons (Fsp3) is 0.308. The van der Waals surface area contributed by atoms with E-state index in [1.165, 1.54) is 0 Å². The molecule has 0 aliphatic heterocycles. The van der Waals surface area contributed by atoms with Gasteiger partial charge in [0.25, 0.3) is 11.5 Å². The maximum atomic E-state index is 12.3. The van der Waals surface area contributed by atoms with Gasteiger partial charge >= 0.3 is 5.97 Å². The average Bonchev–Trinajstić information content (AvgIpc) is 2.84. The van der Waals surface area contributed by atoms with Crippen molar-refractivity contribution in [3.05, 3.63) is 74.7 Å². The van der Waals surface area contributed by atoms with Crippen LogP contribution in [0.2, 0.25) is 0 Å². The number of thioether (sulfide) groups is 1. The number of amides is 2. The molecule has 1 heterocycles. The van der Waals surface area contributed by atoms with Gasteiger partial charge in [0.1, 0.15) is 5.69 Å². The minimum absolute atomic E-state index is 0.00199. The third-order valence-corrected chi connectivity index (χ3v) is 6.19. The Kier molecular flexibility index (Phi) is 9.56. The van der Waals surface area contributed by atoms with Gasteiger partial charge in [-0.3, -0.25) is 24.2 Å². The number of anilines is 2. The number of aromatic nitrogens is 3. The first-order chi connectivity index (χ1) is 17.6. The number of esters is 1. The molecule has 0 radical (unpaired) electrons. The molecule has 0 aliphatic rings. The van der Waals surface area contributed by atoms with Gasteiger partial charge in [0.2, 0.25) is 5.91 Å². The third-order valence-electron chi connectivity index (χ3n) is 5.33. The highest BCUT2D eigenvalue weighted by Crippen LogP contribution is 2.18. The van der Waals surface area contributed by atoms with E-state index in [9.17, 15) is 19.2 Å². The summed E-state index contributed by atoms with van der Waals surface area (Å²) in [4.78, 5) is 51.2. The summed E-state index contributed by atoms with van der Waals surface area (Å²) in [7, 11) is 0. The monoisotopic (exact) mass is 523 g/mol. The first-order valence-corrected chi connectivity index (χ1v) is 12.6. The number of carbonyl (C=O) groups is 3. The molecule has 0 aliphatic carbocycles. The van der Waals surface area contributed by atoms with Gasteiger partial charge in [-0.25, -0.2) is 0 Å². The zero-order valence-electron chi connectivity index (χ0n) is 21.1. The number of rotatable bonds is 10. The van der Waals surface area contributed by atoms with Crippen molar-refractivity contribution < 1.29 is 19.1 Å². The van der Waals surface area contributed by atoms with Crippen molar-refractivity contribution in [3.63, 3.8) is 0 Å². The van der Waals surface area contributed by atoms with Crippen molar-refractivity contribution in [2.45, 2.75) is 45.7 Å². The van der Waals surface area contributed by atoms with Crippen molar-refractivity contribution in [2.24, 2.45) is 0 Å². The van der Waals surface area contributed by atoms with Crippen molar-refractivity contribution in [3.8, 4) is 0 Å². The second-order valence-electron chi connectivity index (χ2n) is 8.59. The number of aromatic amines is 1. The molecule has 37 heavy (non-hydrogen) atoms. The van der Waals surface area contributed by atoms with E-state index < -0.39 is 24.0 Å². The second-order valence-corrected chi connectivity index (χ2v) is 9.55. The van der Waals surface area contributed by atoms with E-state index in [0.717, 1.165) is 39.7 Å². The molecule has 11 heteroatoms. The summed E-state index contributed by atoms with van der Waals surface area (Å²) in [5, 5.41) is 13.5. The molecule has 2 aromatic carbocycles. The van der Waals surface area contributed by atoms with E-state index in [4.69, 9.17) is 4.74 Å². The minimum atomic E-state index is -0.640. The summed E-state index contributed by atoms with van der Waals surface area (Å²) in [5.41, 5.74) is 4.95. The fourth-order valence-corrected chi connectivity index (χ4v) is 4.03. The van der Waals surface area contributed by atoms with Crippen molar-refractivity contribution in [2.75, 3.05) is 23.0 Å². The predicted octanol–water partition coefficient (Wildman–Crippen LogP) is 3.24. The van der Waals surface area contributed by atoms with E-state index in [0.29, 0.717) is 5.69 Å². The van der Waals surface area contributed by atoms with Crippen LogP contribution in [0.1, 0.15) is 34.4 Å². The number of aryl methyl sites for hydroxylation is 5. The molecular weight excluding hydrogens is 494 g/mol. The van der Waals surface area contributed by atoms with Crippen LogP contribution in [-0.2, 0) is 25.5 Å². The van der Waals surface area contributed by atoms with Gasteiger partial charge < -0.3 is 15.4 Å². The SMILES string of the molecule is Cc1ccc(NC(=O)COC(=O)CCc2nnc(SCC(=O)Nc3ccc(C)cc3C)[nH]c2=O)c(C)c1. The molecule has 3 aromatic rings. The van der Waals surface area contributed by atoms with Crippen molar-refractivity contribution >= 4 is 40.9 Å². The van der Waals surface area contributed by atoms with Gasteiger partial charge in [0.15, 0.2) is 11.8 Å². The lowest BCUT2D eigenvalue weighted by molar-refractivity contribution is -0.147. The molecule has 194 valence electrons. The number of nitrogens with zero attached hydrogens (tertiary/aromatic N) is 2. The molecular formula is C26H29N5O5S. The number of benzene rings is 2. The number of ether oxygens (including phenoxy) is 1. The lowest BCUT2D eigenvalue weighted by Crippen LogP contribution is -2.23. The van der Waals surface area contributed by atoms with Crippen LogP contribution in [0.15, 0.2) is 46.3 Å². The molecule has 0 saturated heterocycles. The molecule has 2 amide bonds. The Balaban J connectivity index is 1.42. The quantitative estimate of drug-likeness (QED) is 0.271. The number of hydrogen-bond donors (Lipinski definition) is 3. The maximum absolute atomic E-state index is 12.3. The van der Waals surface area contributed by atoms with Gasteiger partial charge in [0, 0.05) is 17.8 Å². The van der Waals surface area contributed by atoms with E-state index in [2.05, 4.69) is 25.8 Å². The number of H-pyrrole nitrogens is 1. The predicted molar refractivity (Wildman–Crippen MR) is 142 cm³/mol. The Hall–Kier alpha value is -3.99. The topological polar surface area (TPSA) is 143 Å². The van der Waals surface area contributed by atoms with Crippen LogP contribution in [0.5, 0.6) is 0 Å². The highest BCUT2D eigenvalue weighted by Gasteiger charge is 2.13. The smallest absolute Gasteiger partial charge is 0.306 e. The van der Waals surface area contributed by atoms with Crippen LogP contribution in [0.4, 0.5) is 11.4 Å². The van der Waals surface area contributed by atoms with E-state index in [1.807, 2.05) is 58.0 Å². The van der Waals surface area contributed by atoms with Gasteiger partial charge in [-0.05, 0) is 51.0 Å². The normalized spacial score (nSPS) is 10.6. The zero-order chi connectivity index (χ0) is 26.9. The summed E-state index contributed by atoms with van der Waals surface area (Å²) in [6.07, 6.45) is -0.141. The van der Waals surface area contributed by atoms with E-state index in [1.54, 1.807) is 6.07 Å². The number of hydrogen-bond acceptors (Lipinski definition) is 8. The molecule has 3 N–H and O–H groups in total. The highest BCUT2D eigenvalue weighted by molar-refractivity contribution is 7.99. The summed E-state index contributed by atoms with van der Waals surface area (Å²) < 4.78 is 4.99. The fourth-order valence-electron chi connectivity index (χ4n) is 3.43. The van der Waals surface area contributed by atoms with Crippen LogP contribution in [0.3, 0.4) is 0 Å². The Morgan fingerprint density at radius 3 is 2.05 bits per heavy atom. The Morgan fingerprint density at radius 2 is 1.49 bits per heavy atom. The van der Waals surface area contributed by atoms with Crippen LogP contribution in [0, 0.1) is 27.7 Å². The molecule has 0 spiro atoms. The first-order valence-electron chi connectivity index (χ1n) is 11.6. The van der Waals surface area contributed by atoms with E-state index in [-0.39, 0.29) is 35.4 Å². The molecule has 0 fully saturated rings. The largest absolute Gasteiger partial charge is 0.456 e. The van der Waals surface area contributed by atoms with Crippen molar-refractivity contribution in [1.82, 2.24) is 15.2 Å². The van der Waals surface area contributed by atoms with Crippen LogP contribution >= 0.6 is 11.8 Å². The van der Waals surface area contributed by atoms with Gasteiger partial charge in [-0.2, -0.15) is 0 Å². The standard InChI is InChI=1S/C26H29N5O5S/c1-15-5-7-19(17(3)11-15)27-22(32)13-36-24(34)10-9-21-25(35)29-26(31-30-21)37-14-23(33)28-20-8-6-16(2)12-18(20)4/h5-8,11-12H,9-10,13-14H2,1-4H3,(H,27,32)(H,28,33)(H,29,31,35). The van der Waals surface area contributed by atoms with Crippen molar-refractivity contribution in [1.29, 1.82) is 0 Å². The lowest BCUT2D eigenvalue weighted by atomic mass is 10.1. The van der Waals surface area contributed by atoms with Gasteiger partial charge in [0.05, 0.1) is 12.2 Å². The van der Waals surface area contributed by atoms with Crippen LogP contribution in [0.25, 0.3) is 0 Å². The zero-order valence-corrected chi connectivity index (χ0v) is 22.0. The molecule has 0 atom stereocenters. The second kappa shape index (κ2) is 12.8. The Labute approximate surface area is 218 Å². The van der Waals surface area contributed by atoms with Gasteiger partial charge in [-0.1, -0.05) is 47.2 Å². The number of nitrogens with one attached hydrogen (secondary N) is 3. The Bertz CT molecular complexity index is 1370. The summed E-state index contributed by atoms with van der Waals surface area (Å²) >= 11 is 1.04. The summed E-state index contributed by atoms with van der Waals surface area (Å²) in [5.74, 6) is -1.30. The summed E-state index contributed by atoms with van der Waals surface area (Å²) in [6, 6.07) is 11.3. The lowest BCUT2D eigenvalue weighted by Gasteiger charge is -2.09. The maximum Gasteiger partial charge on any atom is 0.306 e. The third kappa shape index (κ3) is 8.57. The molecule has 10 nitrogen and oxygen atoms in total. The minimum Gasteiger partial charge on any atom is -0.456 e. The molecule has 0 bridgehead atoms. The average molecular weight is 524 g/mol. The molecule has 3 rings (SSSR count). The highest BCUT2D eigenvalue weighted by atomic mass is 32.2. The van der Waals surface area contributed by atoms with Gasteiger partial charge in [-0.15, -0.1) is 10.2 Å². The van der Waals surface area contributed by atoms with Crippen LogP contribution < -0.4 is 16.2 Å². The Morgan fingerprint density at radius 1 is 0.892 bits per heavy atom. The molecule has 0 unspecified atom stereocenters.